The molecule has 1 atom stereocenters. The zero-order valence-corrected chi connectivity index (χ0v) is 21.3. The minimum absolute atomic E-state index is 0.509. The minimum atomic E-state index is 0.509. The van der Waals surface area contributed by atoms with E-state index in [2.05, 4.69) is 76.1 Å². The second-order valence-electron chi connectivity index (χ2n) is 10.4. The van der Waals surface area contributed by atoms with Crippen LogP contribution in [0.25, 0.3) is 22.2 Å². The van der Waals surface area contributed by atoms with Crippen LogP contribution in [0, 0.1) is 6.92 Å². The molecule has 0 bridgehead atoms. The molecule has 186 valence electrons. The van der Waals surface area contributed by atoms with Crippen LogP contribution in [0.15, 0.2) is 42.7 Å². The van der Waals surface area contributed by atoms with Crippen LogP contribution in [0.4, 0.5) is 28.7 Å². The van der Waals surface area contributed by atoms with Crippen molar-refractivity contribution in [2.45, 2.75) is 38.8 Å². The van der Waals surface area contributed by atoms with E-state index in [0.29, 0.717) is 17.7 Å². The third-order valence-corrected chi connectivity index (χ3v) is 7.75. The first-order chi connectivity index (χ1) is 17.4. The first kappa shape index (κ1) is 22.7. The quantitative estimate of drug-likeness (QED) is 0.362. The van der Waals surface area contributed by atoms with Crippen molar-refractivity contribution in [3.05, 3.63) is 53.9 Å². The van der Waals surface area contributed by atoms with Gasteiger partial charge in [-0.2, -0.15) is 0 Å². The molecule has 0 aliphatic carbocycles. The van der Waals surface area contributed by atoms with E-state index in [1.54, 1.807) is 6.20 Å². The molecule has 36 heavy (non-hydrogen) atoms. The summed E-state index contributed by atoms with van der Waals surface area (Å²) < 4.78 is 2.33. The van der Waals surface area contributed by atoms with Gasteiger partial charge in [0.25, 0.3) is 0 Å². The highest BCUT2D eigenvalue weighted by Crippen LogP contribution is 2.38. The molecule has 8 nitrogen and oxygen atoms in total. The Bertz CT molecular complexity index is 1450. The molecule has 2 aromatic carbocycles. The highest BCUT2D eigenvalue weighted by molar-refractivity contribution is 5.99. The van der Waals surface area contributed by atoms with Crippen molar-refractivity contribution in [1.82, 2.24) is 19.4 Å². The van der Waals surface area contributed by atoms with E-state index in [9.17, 15) is 0 Å². The summed E-state index contributed by atoms with van der Waals surface area (Å²) in [5.41, 5.74) is 21.8. The lowest BCUT2D eigenvalue weighted by atomic mass is 10.0. The van der Waals surface area contributed by atoms with Gasteiger partial charge in [-0.3, -0.25) is 0 Å². The largest absolute Gasteiger partial charge is 0.397 e. The van der Waals surface area contributed by atoms with E-state index in [0.717, 1.165) is 72.8 Å². The van der Waals surface area contributed by atoms with Crippen LogP contribution >= 0.6 is 0 Å². The zero-order chi connectivity index (χ0) is 25.0. The topological polar surface area (TPSA) is 101 Å². The highest BCUT2D eigenvalue weighted by Gasteiger charge is 2.26. The molecule has 0 saturated carbocycles. The average Bonchev–Trinajstić information content (AvgIpc) is 3.50. The van der Waals surface area contributed by atoms with Crippen molar-refractivity contribution < 1.29 is 0 Å². The molecule has 6 rings (SSSR count). The summed E-state index contributed by atoms with van der Waals surface area (Å²) in [5, 5.41) is 4.59. The van der Waals surface area contributed by atoms with Gasteiger partial charge in [-0.15, -0.1) is 0 Å². The number of rotatable bonds is 5. The smallest absolute Gasteiger partial charge is 0.227 e. The van der Waals surface area contributed by atoms with E-state index in [1.807, 2.05) is 6.07 Å². The predicted molar refractivity (Wildman–Crippen MR) is 149 cm³/mol. The molecule has 2 aliphatic rings. The number of hydrogen-bond donors (Lipinski definition) is 3. The standard InChI is InChI=1S/C28H34N8/c1-17-12-25(35-11-9-19(15-35)34(2)3)22(29)13-24(17)32-28-31-14-23(30)26(33-28)21-16-36-10-5-7-18-6-4-8-20(21)27(18)36/h4,6,8,12-14,16,19H,5,7,9-11,15,29-30H2,1-3H3,(H,31,32,33). The van der Waals surface area contributed by atoms with Crippen molar-refractivity contribution >= 4 is 39.6 Å². The molecule has 5 N–H and O–H groups in total. The molecular formula is C28H34N8. The molecule has 4 aromatic rings. The van der Waals surface area contributed by atoms with Gasteiger partial charge in [-0.25, -0.2) is 9.97 Å². The molecule has 2 aliphatic heterocycles. The van der Waals surface area contributed by atoms with Crippen molar-refractivity contribution in [2.75, 3.05) is 48.9 Å². The minimum Gasteiger partial charge on any atom is -0.397 e. The number of anilines is 5. The molecule has 1 fully saturated rings. The van der Waals surface area contributed by atoms with E-state index in [-0.39, 0.29) is 0 Å². The second kappa shape index (κ2) is 8.71. The summed E-state index contributed by atoms with van der Waals surface area (Å²) in [5.74, 6) is 0.509. The van der Waals surface area contributed by atoms with Gasteiger partial charge < -0.3 is 31.2 Å². The summed E-state index contributed by atoms with van der Waals surface area (Å²) >= 11 is 0. The fourth-order valence-electron chi connectivity index (χ4n) is 5.73. The summed E-state index contributed by atoms with van der Waals surface area (Å²) in [6.07, 6.45) is 7.28. The third-order valence-electron chi connectivity index (χ3n) is 7.75. The van der Waals surface area contributed by atoms with Gasteiger partial charge in [-0.1, -0.05) is 18.2 Å². The molecule has 0 amide bonds. The molecular weight excluding hydrogens is 448 g/mol. The number of likely N-dealkylation sites (N-methyl/N-ethyl adjacent to an activating group) is 1. The van der Waals surface area contributed by atoms with Crippen LogP contribution in [0.3, 0.4) is 0 Å². The Kier molecular flexibility index (Phi) is 5.48. The number of hydrogen-bond acceptors (Lipinski definition) is 7. The summed E-state index contributed by atoms with van der Waals surface area (Å²) in [6.45, 7) is 5.11. The van der Waals surface area contributed by atoms with E-state index < -0.39 is 0 Å². The number of aromatic nitrogens is 3. The SMILES string of the molecule is Cc1cc(N2CCC(N(C)C)C2)c(N)cc1Nc1ncc(N)c(-c2cn3c4c(cccc24)CCC3)n1. The summed E-state index contributed by atoms with van der Waals surface area (Å²) in [6, 6.07) is 11.2. The van der Waals surface area contributed by atoms with Crippen LogP contribution in [0.1, 0.15) is 24.0 Å². The van der Waals surface area contributed by atoms with Crippen LogP contribution in [0.2, 0.25) is 0 Å². The van der Waals surface area contributed by atoms with Crippen LogP contribution in [-0.2, 0) is 13.0 Å². The molecule has 0 radical (unpaired) electrons. The molecule has 4 heterocycles. The van der Waals surface area contributed by atoms with E-state index in [4.69, 9.17) is 16.5 Å². The Morgan fingerprint density at radius 1 is 1.11 bits per heavy atom. The number of para-hydroxylation sites is 1. The lowest BCUT2D eigenvalue weighted by Crippen LogP contribution is -2.31. The summed E-state index contributed by atoms with van der Waals surface area (Å²) in [4.78, 5) is 14.0. The fraction of sp³-hybridized carbons (Fsp3) is 0.357. The Hall–Kier alpha value is -3.78. The van der Waals surface area contributed by atoms with Gasteiger partial charge in [0.15, 0.2) is 0 Å². The monoisotopic (exact) mass is 482 g/mol. The first-order valence-corrected chi connectivity index (χ1v) is 12.7. The maximum atomic E-state index is 6.53. The zero-order valence-electron chi connectivity index (χ0n) is 21.3. The lowest BCUT2D eigenvalue weighted by Gasteiger charge is -2.24. The number of nitrogens with zero attached hydrogens (tertiary/aromatic N) is 5. The molecule has 8 heteroatoms. The third kappa shape index (κ3) is 3.82. The maximum absolute atomic E-state index is 6.53. The highest BCUT2D eigenvalue weighted by atomic mass is 15.2. The molecule has 1 unspecified atom stereocenters. The number of aryl methyl sites for hydroxylation is 3. The number of nitrogens with one attached hydrogen (secondary N) is 1. The predicted octanol–water partition coefficient (Wildman–Crippen LogP) is 4.40. The van der Waals surface area contributed by atoms with E-state index in [1.165, 1.54) is 16.5 Å². The lowest BCUT2D eigenvalue weighted by molar-refractivity contribution is 0.315. The Balaban J connectivity index is 1.32. The first-order valence-electron chi connectivity index (χ1n) is 12.7. The van der Waals surface area contributed by atoms with Crippen molar-refractivity contribution in [1.29, 1.82) is 0 Å². The number of nitrogens with two attached hydrogens (primary N) is 2. The van der Waals surface area contributed by atoms with Crippen molar-refractivity contribution in [3.63, 3.8) is 0 Å². The van der Waals surface area contributed by atoms with Gasteiger partial charge in [0.2, 0.25) is 5.95 Å². The normalized spacial score (nSPS) is 17.3. The Morgan fingerprint density at radius 3 is 2.78 bits per heavy atom. The maximum Gasteiger partial charge on any atom is 0.227 e. The van der Waals surface area contributed by atoms with Gasteiger partial charge in [0.1, 0.15) is 5.69 Å². The van der Waals surface area contributed by atoms with Crippen molar-refractivity contribution in [2.24, 2.45) is 0 Å². The number of nitrogen functional groups attached to an aromatic ring is 2. The number of benzene rings is 2. The van der Waals surface area contributed by atoms with Gasteiger partial charge in [-0.05, 0) is 63.5 Å². The van der Waals surface area contributed by atoms with Crippen LogP contribution in [0.5, 0.6) is 0 Å². The molecule has 1 saturated heterocycles. The van der Waals surface area contributed by atoms with Crippen molar-refractivity contribution in [3.8, 4) is 11.3 Å². The Labute approximate surface area is 211 Å². The molecule has 2 aromatic heterocycles. The van der Waals surface area contributed by atoms with Gasteiger partial charge >= 0.3 is 0 Å². The second-order valence-corrected chi connectivity index (χ2v) is 10.4. The summed E-state index contributed by atoms with van der Waals surface area (Å²) in [7, 11) is 4.28. The van der Waals surface area contributed by atoms with Gasteiger partial charge in [0, 0.05) is 48.5 Å². The van der Waals surface area contributed by atoms with Gasteiger partial charge in [0.05, 0.1) is 28.8 Å². The van der Waals surface area contributed by atoms with Crippen LogP contribution < -0.4 is 21.7 Å². The fourth-order valence-corrected chi connectivity index (χ4v) is 5.73. The van der Waals surface area contributed by atoms with Crippen LogP contribution in [-0.4, -0.2) is 52.7 Å². The van der Waals surface area contributed by atoms with E-state index >= 15 is 0 Å². The average molecular weight is 483 g/mol. The molecule has 0 spiro atoms. The Morgan fingerprint density at radius 2 is 1.97 bits per heavy atom.